The summed E-state index contributed by atoms with van der Waals surface area (Å²) in [6, 6.07) is 9.87. The minimum Gasteiger partial charge on any atom is -0.497 e. The molecule has 4 nitrogen and oxygen atoms in total. The summed E-state index contributed by atoms with van der Waals surface area (Å²) in [5.41, 5.74) is 2.33. The molecule has 0 radical (unpaired) electrons. The average molecular weight is 272 g/mol. The normalized spacial score (nSPS) is 10.3. The summed E-state index contributed by atoms with van der Waals surface area (Å²) < 4.78 is 10.6. The zero-order chi connectivity index (χ0) is 14.2. The second-order valence-electron chi connectivity index (χ2n) is 4.47. The number of ether oxygens (including phenoxy) is 2. The molecule has 0 saturated heterocycles. The van der Waals surface area contributed by atoms with E-state index in [1.165, 1.54) is 5.56 Å². The molecule has 1 N–H and O–H groups in total. The molecule has 0 saturated carbocycles. The molecule has 0 fully saturated rings. The van der Waals surface area contributed by atoms with E-state index >= 15 is 0 Å². The van der Waals surface area contributed by atoms with Crippen LogP contribution in [0.25, 0.3) is 0 Å². The van der Waals surface area contributed by atoms with Crippen LogP contribution in [0.3, 0.4) is 0 Å². The first-order chi connectivity index (χ1) is 9.83. The van der Waals surface area contributed by atoms with E-state index in [0.29, 0.717) is 0 Å². The van der Waals surface area contributed by atoms with E-state index in [0.717, 1.165) is 36.6 Å². The fraction of sp³-hybridized carbons (Fsp3) is 0.312. The molecule has 106 valence electrons. The Morgan fingerprint density at radius 1 is 1.15 bits per heavy atom. The molecular formula is C16H20N2O2. The molecule has 1 heterocycles. The van der Waals surface area contributed by atoms with Gasteiger partial charge in [-0.1, -0.05) is 6.07 Å². The van der Waals surface area contributed by atoms with Crippen molar-refractivity contribution in [3.05, 3.63) is 53.9 Å². The minimum absolute atomic E-state index is 0.820. The summed E-state index contributed by atoms with van der Waals surface area (Å²) >= 11 is 0. The van der Waals surface area contributed by atoms with Gasteiger partial charge in [0.15, 0.2) is 0 Å². The molecule has 0 bridgehead atoms. The number of rotatable bonds is 7. The summed E-state index contributed by atoms with van der Waals surface area (Å²) in [5, 5.41) is 3.40. The van der Waals surface area contributed by atoms with Crippen LogP contribution < -0.4 is 14.8 Å². The minimum atomic E-state index is 0.820. The van der Waals surface area contributed by atoms with Crippen LogP contribution >= 0.6 is 0 Å². The number of hydrogen-bond donors (Lipinski definition) is 1. The van der Waals surface area contributed by atoms with Gasteiger partial charge in [0, 0.05) is 18.9 Å². The van der Waals surface area contributed by atoms with Crippen molar-refractivity contribution in [2.75, 3.05) is 20.8 Å². The van der Waals surface area contributed by atoms with Crippen LogP contribution in [-0.4, -0.2) is 25.7 Å². The summed E-state index contributed by atoms with van der Waals surface area (Å²) in [7, 11) is 3.36. The zero-order valence-corrected chi connectivity index (χ0v) is 11.9. The average Bonchev–Trinajstić information content (AvgIpc) is 2.52. The number of nitrogens with zero attached hydrogens (tertiary/aromatic N) is 1. The van der Waals surface area contributed by atoms with Crippen LogP contribution in [0.2, 0.25) is 0 Å². The van der Waals surface area contributed by atoms with Crippen LogP contribution in [0.15, 0.2) is 42.7 Å². The highest BCUT2D eigenvalue weighted by Gasteiger charge is 2.04. The monoisotopic (exact) mass is 272 g/mol. The van der Waals surface area contributed by atoms with Crippen molar-refractivity contribution in [1.29, 1.82) is 0 Å². The van der Waals surface area contributed by atoms with E-state index in [-0.39, 0.29) is 0 Å². The maximum atomic E-state index is 5.37. The van der Waals surface area contributed by atoms with Crippen LogP contribution in [0, 0.1) is 0 Å². The summed E-state index contributed by atoms with van der Waals surface area (Å²) in [6.07, 6.45) is 4.55. The number of nitrogens with one attached hydrogen (secondary N) is 1. The Morgan fingerprint density at radius 3 is 2.75 bits per heavy atom. The van der Waals surface area contributed by atoms with Gasteiger partial charge in [-0.2, -0.15) is 0 Å². The molecule has 2 aromatic rings. The predicted octanol–water partition coefficient (Wildman–Crippen LogP) is 2.43. The molecule has 20 heavy (non-hydrogen) atoms. The van der Waals surface area contributed by atoms with Gasteiger partial charge in [-0.3, -0.25) is 4.98 Å². The Morgan fingerprint density at radius 2 is 2.05 bits per heavy atom. The van der Waals surface area contributed by atoms with E-state index in [4.69, 9.17) is 9.47 Å². The molecule has 0 spiro atoms. The van der Waals surface area contributed by atoms with Crippen molar-refractivity contribution in [3.8, 4) is 11.5 Å². The number of methoxy groups -OCH3 is 2. The van der Waals surface area contributed by atoms with Crippen molar-refractivity contribution in [2.24, 2.45) is 0 Å². The molecule has 0 unspecified atom stereocenters. The predicted molar refractivity (Wildman–Crippen MR) is 79.2 cm³/mol. The van der Waals surface area contributed by atoms with E-state index in [1.54, 1.807) is 20.4 Å². The first-order valence-electron chi connectivity index (χ1n) is 6.64. The fourth-order valence-corrected chi connectivity index (χ4v) is 2.04. The fourth-order valence-electron chi connectivity index (χ4n) is 2.04. The lowest BCUT2D eigenvalue weighted by atomic mass is 10.1. The molecule has 0 atom stereocenters. The highest BCUT2D eigenvalue weighted by atomic mass is 16.5. The lowest BCUT2D eigenvalue weighted by Crippen LogP contribution is -2.17. The molecule has 2 rings (SSSR count). The molecular weight excluding hydrogens is 252 g/mol. The standard InChI is InChI=1S/C16H20N2O2/c1-19-15-5-6-16(20-2)14(10-15)7-9-18-12-13-4-3-8-17-11-13/h3-6,8,10-11,18H,7,9,12H2,1-2H3. The first-order valence-corrected chi connectivity index (χ1v) is 6.64. The number of pyridine rings is 1. The van der Waals surface area contributed by atoms with Crippen LogP contribution in [0.4, 0.5) is 0 Å². The van der Waals surface area contributed by atoms with Gasteiger partial charge >= 0.3 is 0 Å². The molecule has 0 aliphatic heterocycles. The SMILES string of the molecule is COc1ccc(OC)c(CCNCc2cccnc2)c1. The van der Waals surface area contributed by atoms with E-state index < -0.39 is 0 Å². The Labute approximate surface area is 119 Å². The Kier molecular flexibility index (Phi) is 5.38. The second-order valence-corrected chi connectivity index (χ2v) is 4.47. The van der Waals surface area contributed by atoms with Crippen LogP contribution in [-0.2, 0) is 13.0 Å². The third-order valence-corrected chi connectivity index (χ3v) is 3.11. The van der Waals surface area contributed by atoms with Gasteiger partial charge in [0.25, 0.3) is 0 Å². The maximum Gasteiger partial charge on any atom is 0.122 e. The van der Waals surface area contributed by atoms with Gasteiger partial charge in [-0.25, -0.2) is 0 Å². The molecule has 0 aliphatic rings. The molecule has 0 aliphatic carbocycles. The van der Waals surface area contributed by atoms with Crippen LogP contribution in [0.5, 0.6) is 11.5 Å². The second kappa shape index (κ2) is 7.50. The quantitative estimate of drug-likeness (QED) is 0.786. The van der Waals surface area contributed by atoms with Crippen LogP contribution in [0.1, 0.15) is 11.1 Å². The topological polar surface area (TPSA) is 43.4 Å². The van der Waals surface area contributed by atoms with Crippen molar-refractivity contribution in [1.82, 2.24) is 10.3 Å². The van der Waals surface area contributed by atoms with Crippen molar-refractivity contribution in [2.45, 2.75) is 13.0 Å². The maximum absolute atomic E-state index is 5.37. The third-order valence-electron chi connectivity index (χ3n) is 3.11. The molecule has 1 aromatic carbocycles. The number of aromatic nitrogens is 1. The summed E-state index contributed by atoms with van der Waals surface area (Å²) in [6.45, 7) is 1.69. The number of hydrogen-bond acceptors (Lipinski definition) is 4. The van der Waals surface area contributed by atoms with Gasteiger partial charge in [0.1, 0.15) is 11.5 Å². The van der Waals surface area contributed by atoms with Gasteiger partial charge in [-0.15, -0.1) is 0 Å². The first kappa shape index (κ1) is 14.3. The molecule has 1 aromatic heterocycles. The summed E-state index contributed by atoms with van der Waals surface area (Å²) in [5.74, 6) is 1.75. The molecule has 4 heteroatoms. The zero-order valence-electron chi connectivity index (χ0n) is 11.9. The van der Waals surface area contributed by atoms with E-state index in [2.05, 4.69) is 16.4 Å². The lowest BCUT2D eigenvalue weighted by molar-refractivity contribution is 0.398. The lowest BCUT2D eigenvalue weighted by Gasteiger charge is -2.11. The van der Waals surface area contributed by atoms with Crippen molar-refractivity contribution in [3.63, 3.8) is 0 Å². The Balaban J connectivity index is 1.87. The van der Waals surface area contributed by atoms with Crippen molar-refractivity contribution < 1.29 is 9.47 Å². The Hall–Kier alpha value is -2.07. The van der Waals surface area contributed by atoms with Gasteiger partial charge in [-0.05, 0) is 48.4 Å². The smallest absolute Gasteiger partial charge is 0.122 e. The van der Waals surface area contributed by atoms with Gasteiger partial charge in [0.05, 0.1) is 14.2 Å². The van der Waals surface area contributed by atoms with E-state index in [1.807, 2.05) is 30.5 Å². The Bertz CT molecular complexity index is 529. The number of benzene rings is 1. The largest absolute Gasteiger partial charge is 0.497 e. The third kappa shape index (κ3) is 3.96. The van der Waals surface area contributed by atoms with Gasteiger partial charge in [0.2, 0.25) is 0 Å². The van der Waals surface area contributed by atoms with E-state index in [9.17, 15) is 0 Å². The highest BCUT2D eigenvalue weighted by Crippen LogP contribution is 2.24. The molecule has 0 amide bonds. The summed E-state index contributed by atoms with van der Waals surface area (Å²) in [4.78, 5) is 4.10. The van der Waals surface area contributed by atoms with Crippen molar-refractivity contribution >= 4 is 0 Å². The van der Waals surface area contributed by atoms with Gasteiger partial charge < -0.3 is 14.8 Å². The highest BCUT2D eigenvalue weighted by molar-refractivity contribution is 5.40.